The van der Waals surface area contributed by atoms with E-state index in [-0.39, 0.29) is 11.9 Å². The van der Waals surface area contributed by atoms with Gasteiger partial charge in [0.2, 0.25) is 11.1 Å². The van der Waals surface area contributed by atoms with Gasteiger partial charge in [-0.25, -0.2) is 4.98 Å². The Balaban J connectivity index is 2.25. The minimum Gasteiger partial charge on any atom is -0.353 e. The number of H-pyrrole nitrogens is 1. The van der Waals surface area contributed by atoms with Crippen LogP contribution in [-0.4, -0.2) is 32.9 Å². The minimum absolute atomic E-state index is 0.0356. The lowest BCUT2D eigenvalue weighted by Crippen LogP contribution is -2.33. The van der Waals surface area contributed by atoms with Crippen molar-refractivity contribution in [2.24, 2.45) is 0 Å². The molecule has 0 radical (unpaired) electrons. The number of nitrogens with one attached hydrogen (secondary N) is 2. The van der Waals surface area contributed by atoms with E-state index in [1.54, 1.807) is 0 Å². The van der Waals surface area contributed by atoms with E-state index in [9.17, 15) is 4.79 Å². The van der Waals surface area contributed by atoms with Gasteiger partial charge in [0, 0.05) is 6.04 Å². The summed E-state index contributed by atoms with van der Waals surface area (Å²) in [5, 5.41) is 10.2. The number of thioether (sulfide) groups is 1. The third-order valence-corrected chi connectivity index (χ3v) is 2.89. The lowest BCUT2D eigenvalue weighted by molar-refractivity contribution is -0.119. The highest BCUT2D eigenvalue weighted by Gasteiger charge is 2.08. The molecule has 0 saturated heterocycles. The molecular formula is C10H18N4OS. The molecule has 1 rings (SSSR count). The highest BCUT2D eigenvalue weighted by molar-refractivity contribution is 7.99. The van der Waals surface area contributed by atoms with Gasteiger partial charge >= 0.3 is 0 Å². The molecule has 16 heavy (non-hydrogen) atoms. The van der Waals surface area contributed by atoms with Gasteiger partial charge in [0.05, 0.1) is 5.75 Å². The van der Waals surface area contributed by atoms with E-state index in [1.807, 2.05) is 13.8 Å². The van der Waals surface area contributed by atoms with Crippen LogP contribution in [0.2, 0.25) is 0 Å². The van der Waals surface area contributed by atoms with Crippen LogP contribution in [0.4, 0.5) is 0 Å². The van der Waals surface area contributed by atoms with E-state index < -0.39 is 0 Å². The third-order valence-electron chi connectivity index (χ3n) is 2.04. The molecule has 1 aromatic heterocycles. The standard InChI is InChI=1S/C10H18N4OS/c1-4-5-7(2)11-9(15)6-16-10-12-8(3)13-14-10/h7H,4-6H2,1-3H3,(H,11,15)(H,12,13,14). The molecule has 1 atom stereocenters. The van der Waals surface area contributed by atoms with Crippen molar-refractivity contribution in [1.82, 2.24) is 20.5 Å². The highest BCUT2D eigenvalue weighted by atomic mass is 32.2. The number of amides is 1. The van der Waals surface area contributed by atoms with Crippen molar-refractivity contribution in [3.05, 3.63) is 5.82 Å². The first-order chi connectivity index (χ1) is 7.61. The van der Waals surface area contributed by atoms with Gasteiger partial charge in [-0.1, -0.05) is 25.1 Å². The van der Waals surface area contributed by atoms with Gasteiger partial charge in [-0.15, -0.1) is 5.10 Å². The molecule has 0 fully saturated rings. The second-order valence-corrected chi connectivity index (χ2v) is 4.69. The number of carbonyl (C=O) groups is 1. The largest absolute Gasteiger partial charge is 0.353 e. The van der Waals surface area contributed by atoms with Crippen LogP contribution in [0.15, 0.2) is 5.16 Å². The summed E-state index contributed by atoms with van der Waals surface area (Å²) in [5.74, 6) is 1.17. The SMILES string of the molecule is CCCC(C)NC(=O)CSc1n[nH]c(C)n1. The summed E-state index contributed by atoms with van der Waals surface area (Å²) in [6.45, 7) is 5.96. The Morgan fingerprint density at radius 3 is 2.94 bits per heavy atom. The van der Waals surface area contributed by atoms with E-state index in [0.717, 1.165) is 18.7 Å². The maximum Gasteiger partial charge on any atom is 0.230 e. The number of rotatable bonds is 6. The van der Waals surface area contributed by atoms with Crippen molar-refractivity contribution in [2.45, 2.75) is 44.8 Å². The molecule has 0 aliphatic rings. The number of hydrogen-bond donors (Lipinski definition) is 2. The van der Waals surface area contributed by atoms with Crippen LogP contribution in [0.3, 0.4) is 0 Å². The smallest absolute Gasteiger partial charge is 0.230 e. The van der Waals surface area contributed by atoms with Gasteiger partial charge in [0.15, 0.2) is 0 Å². The Hall–Kier alpha value is -1.04. The first-order valence-electron chi connectivity index (χ1n) is 5.43. The zero-order valence-corrected chi connectivity index (χ0v) is 10.7. The van der Waals surface area contributed by atoms with Gasteiger partial charge in [0.1, 0.15) is 5.82 Å². The van der Waals surface area contributed by atoms with E-state index in [0.29, 0.717) is 10.9 Å². The molecule has 0 aromatic carbocycles. The first-order valence-corrected chi connectivity index (χ1v) is 6.41. The van der Waals surface area contributed by atoms with Crippen LogP contribution in [0.5, 0.6) is 0 Å². The second kappa shape index (κ2) is 6.52. The van der Waals surface area contributed by atoms with Crippen molar-refractivity contribution < 1.29 is 4.79 Å². The Kier molecular flexibility index (Phi) is 5.31. The number of hydrogen-bond acceptors (Lipinski definition) is 4. The molecule has 1 amide bonds. The van der Waals surface area contributed by atoms with Crippen molar-refractivity contribution in [3.8, 4) is 0 Å². The molecule has 5 nitrogen and oxygen atoms in total. The van der Waals surface area contributed by atoms with Crippen molar-refractivity contribution >= 4 is 17.7 Å². The number of aryl methyl sites for hydroxylation is 1. The van der Waals surface area contributed by atoms with E-state index >= 15 is 0 Å². The minimum atomic E-state index is 0.0356. The molecule has 0 bridgehead atoms. The summed E-state index contributed by atoms with van der Waals surface area (Å²) < 4.78 is 0. The lowest BCUT2D eigenvalue weighted by Gasteiger charge is -2.11. The van der Waals surface area contributed by atoms with Crippen LogP contribution in [0.1, 0.15) is 32.5 Å². The van der Waals surface area contributed by atoms with Crippen LogP contribution in [0, 0.1) is 6.92 Å². The van der Waals surface area contributed by atoms with Crippen molar-refractivity contribution in [2.75, 3.05) is 5.75 Å². The predicted octanol–water partition coefficient (Wildman–Crippen LogP) is 1.51. The fraction of sp³-hybridized carbons (Fsp3) is 0.700. The van der Waals surface area contributed by atoms with Crippen LogP contribution in [-0.2, 0) is 4.79 Å². The predicted molar refractivity (Wildman–Crippen MR) is 64.4 cm³/mol. The Bertz CT molecular complexity index is 339. The number of aromatic nitrogens is 3. The maximum atomic E-state index is 11.5. The molecule has 90 valence electrons. The van der Waals surface area contributed by atoms with E-state index in [1.165, 1.54) is 11.8 Å². The zero-order chi connectivity index (χ0) is 12.0. The van der Waals surface area contributed by atoms with E-state index in [2.05, 4.69) is 27.4 Å². The number of nitrogens with zero attached hydrogens (tertiary/aromatic N) is 2. The zero-order valence-electron chi connectivity index (χ0n) is 9.91. The number of carbonyl (C=O) groups excluding carboxylic acids is 1. The van der Waals surface area contributed by atoms with Crippen molar-refractivity contribution in [3.63, 3.8) is 0 Å². The monoisotopic (exact) mass is 242 g/mol. The molecule has 0 spiro atoms. The second-order valence-electron chi connectivity index (χ2n) is 3.75. The maximum absolute atomic E-state index is 11.5. The average molecular weight is 242 g/mol. The molecule has 0 aliphatic carbocycles. The van der Waals surface area contributed by atoms with Crippen LogP contribution < -0.4 is 5.32 Å². The van der Waals surface area contributed by atoms with Crippen LogP contribution in [0.25, 0.3) is 0 Å². The van der Waals surface area contributed by atoms with Gasteiger partial charge in [-0.3, -0.25) is 9.89 Å². The Labute approximate surface area is 99.8 Å². The molecule has 2 N–H and O–H groups in total. The fourth-order valence-electron chi connectivity index (χ4n) is 1.34. The van der Waals surface area contributed by atoms with Crippen LogP contribution >= 0.6 is 11.8 Å². The van der Waals surface area contributed by atoms with Gasteiger partial charge in [-0.05, 0) is 20.3 Å². The third kappa shape index (κ3) is 4.65. The molecule has 0 aliphatic heterocycles. The quantitative estimate of drug-likeness (QED) is 0.742. The lowest BCUT2D eigenvalue weighted by atomic mass is 10.2. The summed E-state index contributed by atoms with van der Waals surface area (Å²) >= 11 is 1.34. The summed E-state index contributed by atoms with van der Waals surface area (Å²) in [4.78, 5) is 15.6. The van der Waals surface area contributed by atoms with E-state index in [4.69, 9.17) is 0 Å². The van der Waals surface area contributed by atoms with Gasteiger partial charge in [0.25, 0.3) is 0 Å². The molecule has 1 unspecified atom stereocenters. The Morgan fingerprint density at radius 1 is 1.62 bits per heavy atom. The molecular weight excluding hydrogens is 224 g/mol. The highest BCUT2D eigenvalue weighted by Crippen LogP contribution is 2.11. The normalized spacial score (nSPS) is 12.4. The topological polar surface area (TPSA) is 70.7 Å². The average Bonchev–Trinajstić information content (AvgIpc) is 2.61. The summed E-state index contributed by atoms with van der Waals surface area (Å²) in [5.41, 5.74) is 0. The van der Waals surface area contributed by atoms with Gasteiger partial charge in [-0.2, -0.15) is 0 Å². The fourth-order valence-corrected chi connectivity index (χ4v) is 1.99. The molecule has 0 saturated carbocycles. The van der Waals surface area contributed by atoms with Gasteiger partial charge < -0.3 is 5.32 Å². The Morgan fingerprint density at radius 2 is 2.38 bits per heavy atom. The first kappa shape index (κ1) is 13.0. The summed E-state index contributed by atoms with van der Waals surface area (Å²) in [7, 11) is 0. The molecule has 6 heteroatoms. The number of aromatic amines is 1. The molecule has 1 aromatic rings. The summed E-state index contributed by atoms with van der Waals surface area (Å²) in [6.07, 6.45) is 2.09. The summed E-state index contributed by atoms with van der Waals surface area (Å²) in [6, 6.07) is 0.243. The molecule has 1 heterocycles. The van der Waals surface area contributed by atoms with Crippen molar-refractivity contribution in [1.29, 1.82) is 0 Å².